The van der Waals surface area contributed by atoms with Gasteiger partial charge in [-0.3, -0.25) is 20.2 Å². The second kappa shape index (κ2) is 7.02. The van der Waals surface area contributed by atoms with Gasteiger partial charge < -0.3 is 4.90 Å². The minimum Gasteiger partial charge on any atom is -0.310 e. The van der Waals surface area contributed by atoms with Gasteiger partial charge in [-0.1, -0.05) is 17.7 Å². The van der Waals surface area contributed by atoms with Crippen molar-refractivity contribution in [3.63, 3.8) is 0 Å². The van der Waals surface area contributed by atoms with Gasteiger partial charge in [0.1, 0.15) is 0 Å². The van der Waals surface area contributed by atoms with Crippen LogP contribution in [0.15, 0.2) is 72.8 Å². The number of aryl methyl sites for hydroxylation is 1. The van der Waals surface area contributed by atoms with Crippen molar-refractivity contribution in [2.75, 3.05) is 4.90 Å². The Hall–Kier alpha value is -3.74. The molecular formula is C19H15N3O4. The lowest BCUT2D eigenvalue weighted by Gasteiger charge is -2.25. The number of nitrogens with zero attached hydrogens (tertiary/aromatic N) is 3. The van der Waals surface area contributed by atoms with Gasteiger partial charge in [-0.2, -0.15) is 0 Å². The van der Waals surface area contributed by atoms with Gasteiger partial charge >= 0.3 is 0 Å². The third kappa shape index (κ3) is 3.51. The lowest BCUT2D eigenvalue weighted by molar-refractivity contribution is -0.385. The molecule has 0 N–H and O–H groups in total. The second-order valence-electron chi connectivity index (χ2n) is 5.72. The van der Waals surface area contributed by atoms with E-state index in [1.807, 2.05) is 36.1 Å². The van der Waals surface area contributed by atoms with Crippen molar-refractivity contribution < 1.29 is 9.85 Å². The molecule has 0 fully saturated rings. The maximum absolute atomic E-state index is 10.9. The van der Waals surface area contributed by atoms with Gasteiger partial charge in [-0.05, 0) is 43.3 Å². The summed E-state index contributed by atoms with van der Waals surface area (Å²) in [5.74, 6) is 0. The summed E-state index contributed by atoms with van der Waals surface area (Å²) in [5.41, 5.74) is 3.38. The fourth-order valence-electron chi connectivity index (χ4n) is 2.59. The molecule has 0 heterocycles. The molecule has 130 valence electrons. The normalized spacial score (nSPS) is 10.3. The summed E-state index contributed by atoms with van der Waals surface area (Å²) < 4.78 is 0. The van der Waals surface area contributed by atoms with Crippen LogP contribution in [0, 0.1) is 27.2 Å². The Labute approximate surface area is 149 Å². The molecule has 3 rings (SSSR count). The Balaban J connectivity index is 2.08. The van der Waals surface area contributed by atoms with Crippen LogP contribution in [-0.2, 0) is 0 Å². The Bertz CT molecular complexity index is 879. The molecule has 0 saturated carbocycles. The quantitative estimate of drug-likeness (QED) is 0.461. The molecular weight excluding hydrogens is 334 g/mol. The monoisotopic (exact) mass is 349 g/mol. The Morgan fingerprint density at radius 2 is 0.923 bits per heavy atom. The first kappa shape index (κ1) is 17.1. The predicted octanol–water partition coefficient (Wildman–Crippen LogP) is 5.28. The fraction of sp³-hybridized carbons (Fsp3) is 0.0526. The highest BCUT2D eigenvalue weighted by molar-refractivity contribution is 5.77. The first-order valence-corrected chi connectivity index (χ1v) is 7.81. The van der Waals surface area contributed by atoms with Crippen molar-refractivity contribution in [2.45, 2.75) is 6.92 Å². The standard InChI is InChI=1S/C19H15N3O4/c1-14-2-4-15(5-3-14)20(16-6-10-18(11-7-16)21(23)24)17-8-12-19(13-9-17)22(25)26/h2-13H,1H3. The number of benzene rings is 3. The van der Waals surface area contributed by atoms with Crippen LogP contribution in [0.5, 0.6) is 0 Å². The van der Waals surface area contributed by atoms with Gasteiger partial charge in [-0.25, -0.2) is 0 Å². The van der Waals surface area contributed by atoms with E-state index in [1.165, 1.54) is 24.3 Å². The molecule has 0 bridgehead atoms. The van der Waals surface area contributed by atoms with E-state index >= 15 is 0 Å². The predicted molar refractivity (Wildman–Crippen MR) is 99.2 cm³/mol. The number of non-ortho nitro benzene ring substituents is 2. The van der Waals surface area contributed by atoms with E-state index in [-0.39, 0.29) is 11.4 Å². The summed E-state index contributed by atoms with van der Waals surface area (Å²) in [6.45, 7) is 1.98. The Morgan fingerprint density at radius 3 is 1.23 bits per heavy atom. The molecule has 0 atom stereocenters. The van der Waals surface area contributed by atoms with E-state index in [1.54, 1.807) is 24.3 Å². The van der Waals surface area contributed by atoms with Gasteiger partial charge in [0.2, 0.25) is 0 Å². The highest BCUT2D eigenvalue weighted by Gasteiger charge is 2.15. The Kier molecular flexibility index (Phi) is 4.62. The first-order chi connectivity index (χ1) is 12.5. The van der Waals surface area contributed by atoms with Crippen molar-refractivity contribution >= 4 is 28.4 Å². The van der Waals surface area contributed by atoms with Crippen molar-refractivity contribution in [1.29, 1.82) is 0 Å². The van der Waals surface area contributed by atoms with Gasteiger partial charge in [0, 0.05) is 41.3 Å². The number of hydrogen-bond donors (Lipinski definition) is 0. The van der Waals surface area contributed by atoms with Crippen molar-refractivity contribution in [3.8, 4) is 0 Å². The van der Waals surface area contributed by atoms with Gasteiger partial charge in [0.25, 0.3) is 11.4 Å². The highest BCUT2D eigenvalue weighted by Crippen LogP contribution is 2.35. The van der Waals surface area contributed by atoms with Crippen LogP contribution in [0.3, 0.4) is 0 Å². The minimum absolute atomic E-state index is 0.00121. The van der Waals surface area contributed by atoms with E-state index in [9.17, 15) is 20.2 Å². The largest absolute Gasteiger partial charge is 0.310 e. The molecule has 0 unspecified atom stereocenters. The van der Waals surface area contributed by atoms with E-state index in [4.69, 9.17) is 0 Å². The maximum Gasteiger partial charge on any atom is 0.269 e. The van der Waals surface area contributed by atoms with Gasteiger partial charge in [0.05, 0.1) is 9.85 Å². The van der Waals surface area contributed by atoms with Crippen LogP contribution in [0.1, 0.15) is 5.56 Å². The molecule has 3 aromatic rings. The van der Waals surface area contributed by atoms with Crippen molar-refractivity contribution in [3.05, 3.63) is 98.6 Å². The van der Waals surface area contributed by atoms with Crippen LogP contribution in [0.4, 0.5) is 28.4 Å². The van der Waals surface area contributed by atoms with Gasteiger partial charge in [0.15, 0.2) is 0 Å². The summed E-state index contributed by atoms with van der Waals surface area (Å²) in [6, 6.07) is 20.1. The lowest BCUT2D eigenvalue weighted by atomic mass is 10.1. The average molecular weight is 349 g/mol. The van der Waals surface area contributed by atoms with Crippen LogP contribution in [-0.4, -0.2) is 9.85 Å². The van der Waals surface area contributed by atoms with E-state index < -0.39 is 9.85 Å². The maximum atomic E-state index is 10.9. The van der Waals surface area contributed by atoms with E-state index in [2.05, 4.69) is 0 Å². The molecule has 7 nitrogen and oxygen atoms in total. The van der Waals surface area contributed by atoms with Crippen LogP contribution in [0.2, 0.25) is 0 Å². The smallest absolute Gasteiger partial charge is 0.269 e. The summed E-state index contributed by atoms with van der Waals surface area (Å²) >= 11 is 0. The lowest BCUT2D eigenvalue weighted by Crippen LogP contribution is -2.10. The molecule has 3 aromatic carbocycles. The SMILES string of the molecule is Cc1ccc(N(c2ccc([N+](=O)[O-])cc2)c2ccc([N+](=O)[O-])cc2)cc1. The summed E-state index contributed by atoms with van der Waals surface area (Å²) in [5, 5.41) is 21.8. The number of nitro groups is 2. The molecule has 0 saturated heterocycles. The zero-order valence-corrected chi connectivity index (χ0v) is 13.9. The Morgan fingerprint density at radius 1 is 0.615 bits per heavy atom. The van der Waals surface area contributed by atoms with Crippen LogP contribution in [0.25, 0.3) is 0 Å². The molecule has 0 aliphatic carbocycles. The zero-order valence-electron chi connectivity index (χ0n) is 13.9. The molecule has 0 amide bonds. The molecule has 26 heavy (non-hydrogen) atoms. The molecule has 0 aromatic heterocycles. The summed E-state index contributed by atoms with van der Waals surface area (Å²) in [7, 11) is 0. The van der Waals surface area contributed by atoms with Gasteiger partial charge in [-0.15, -0.1) is 0 Å². The molecule has 0 radical (unpaired) electrons. The van der Waals surface area contributed by atoms with Crippen LogP contribution >= 0.6 is 0 Å². The minimum atomic E-state index is -0.453. The third-order valence-electron chi connectivity index (χ3n) is 3.93. The van der Waals surface area contributed by atoms with Crippen molar-refractivity contribution in [2.24, 2.45) is 0 Å². The zero-order chi connectivity index (χ0) is 18.7. The van der Waals surface area contributed by atoms with Crippen molar-refractivity contribution in [1.82, 2.24) is 0 Å². The average Bonchev–Trinajstić information content (AvgIpc) is 2.64. The topological polar surface area (TPSA) is 89.5 Å². The number of nitro benzene ring substituents is 2. The first-order valence-electron chi connectivity index (χ1n) is 7.81. The number of rotatable bonds is 5. The molecule has 7 heteroatoms. The highest BCUT2D eigenvalue weighted by atomic mass is 16.6. The second-order valence-corrected chi connectivity index (χ2v) is 5.72. The van der Waals surface area contributed by atoms with E-state index in [0.29, 0.717) is 11.4 Å². The van der Waals surface area contributed by atoms with Crippen LogP contribution < -0.4 is 4.90 Å². The molecule has 0 spiro atoms. The number of hydrogen-bond acceptors (Lipinski definition) is 5. The fourth-order valence-corrected chi connectivity index (χ4v) is 2.59. The number of anilines is 3. The summed E-state index contributed by atoms with van der Waals surface area (Å²) in [4.78, 5) is 22.8. The molecule has 0 aliphatic heterocycles. The third-order valence-corrected chi connectivity index (χ3v) is 3.93. The molecule has 0 aliphatic rings. The van der Waals surface area contributed by atoms with E-state index in [0.717, 1.165) is 11.3 Å². The summed E-state index contributed by atoms with van der Waals surface area (Å²) in [6.07, 6.45) is 0.